The molecule has 4 heteroatoms. The highest BCUT2D eigenvalue weighted by molar-refractivity contribution is 5.87. The van der Waals surface area contributed by atoms with Gasteiger partial charge < -0.3 is 9.42 Å². The Kier molecular flexibility index (Phi) is 4.93. The van der Waals surface area contributed by atoms with Gasteiger partial charge in [0.15, 0.2) is 0 Å². The van der Waals surface area contributed by atoms with Crippen molar-refractivity contribution in [3.8, 4) is 0 Å². The first kappa shape index (κ1) is 15.0. The topological polar surface area (TPSA) is 46.3 Å². The van der Waals surface area contributed by atoms with Crippen molar-refractivity contribution in [3.63, 3.8) is 0 Å². The second kappa shape index (κ2) is 6.88. The zero-order valence-electron chi connectivity index (χ0n) is 12.5. The van der Waals surface area contributed by atoms with E-state index in [4.69, 9.17) is 4.52 Å². The second-order valence-corrected chi connectivity index (χ2v) is 4.90. The van der Waals surface area contributed by atoms with Gasteiger partial charge in [0.25, 0.3) is 0 Å². The molecule has 0 aliphatic heterocycles. The Bertz CT molecular complexity index is 617. The van der Waals surface area contributed by atoms with Gasteiger partial charge in [0.1, 0.15) is 5.76 Å². The quantitative estimate of drug-likeness (QED) is 0.765. The molecule has 0 aliphatic carbocycles. The summed E-state index contributed by atoms with van der Waals surface area (Å²) >= 11 is 0. The number of benzene rings is 1. The normalized spacial score (nSPS) is 10.4. The van der Waals surface area contributed by atoms with Crippen molar-refractivity contribution < 1.29 is 9.32 Å². The van der Waals surface area contributed by atoms with Crippen LogP contribution >= 0.6 is 0 Å². The molecule has 4 nitrogen and oxygen atoms in total. The molecule has 21 heavy (non-hydrogen) atoms. The van der Waals surface area contributed by atoms with Gasteiger partial charge in [-0.3, -0.25) is 4.79 Å². The molecule has 0 unspecified atom stereocenters. The van der Waals surface area contributed by atoms with Crippen LogP contribution in [0.1, 0.15) is 29.5 Å². The standard InChI is InChI=1S/C17H20N2O2/c1-4-16-15(13(3)21-18-16)12-19(17(20)5-2)11-14-9-7-6-8-10-14/h5-10H,2,4,11-12H2,1,3H3. The molecular weight excluding hydrogens is 264 g/mol. The molecule has 1 aromatic heterocycles. The molecule has 0 spiro atoms. The molecule has 1 aromatic carbocycles. The van der Waals surface area contributed by atoms with E-state index >= 15 is 0 Å². The summed E-state index contributed by atoms with van der Waals surface area (Å²) in [6, 6.07) is 9.90. The van der Waals surface area contributed by atoms with Crippen LogP contribution in [0.2, 0.25) is 0 Å². The summed E-state index contributed by atoms with van der Waals surface area (Å²) in [5.74, 6) is 0.670. The third-order valence-electron chi connectivity index (χ3n) is 3.45. The second-order valence-electron chi connectivity index (χ2n) is 4.90. The van der Waals surface area contributed by atoms with E-state index in [1.165, 1.54) is 6.08 Å². The van der Waals surface area contributed by atoms with E-state index in [2.05, 4.69) is 11.7 Å². The van der Waals surface area contributed by atoms with Gasteiger partial charge in [-0.2, -0.15) is 0 Å². The number of rotatable bonds is 6. The van der Waals surface area contributed by atoms with Gasteiger partial charge >= 0.3 is 0 Å². The lowest BCUT2D eigenvalue weighted by Crippen LogP contribution is -2.28. The van der Waals surface area contributed by atoms with Gasteiger partial charge in [-0.15, -0.1) is 0 Å². The summed E-state index contributed by atoms with van der Waals surface area (Å²) in [5, 5.41) is 4.04. The average Bonchev–Trinajstić information content (AvgIpc) is 2.87. The number of amides is 1. The summed E-state index contributed by atoms with van der Waals surface area (Å²) in [7, 11) is 0. The molecule has 0 bridgehead atoms. The summed E-state index contributed by atoms with van der Waals surface area (Å²) < 4.78 is 5.24. The zero-order chi connectivity index (χ0) is 15.2. The molecular formula is C17H20N2O2. The molecule has 0 saturated carbocycles. The molecule has 0 atom stereocenters. The lowest BCUT2D eigenvalue weighted by Gasteiger charge is -2.21. The zero-order valence-corrected chi connectivity index (χ0v) is 12.5. The van der Waals surface area contributed by atoms with Crippen molar-refractivity contribution in [1.82, 2.24) is 10.1 Å². The van der Waals surface area contributed by atoms with E-state index in [1.807, 2.05) is 44.2 Å². The average molecular weight is 284 g/mol. The van der Waals surface area contributed by atoms with Crippen molar-refractivity contribution >= 4 is 5.91 Å². The number of hydrogen-bond donors (Lipinski definition) is 0. The highest BCUT2D eigenvalue weighted by Crippen LogP contribution is 2.18. The predicted molar refractivity (Wildman–Crippen MR) is 81.5 cm³/mol. The fourth-order valence-electron chi connectivity index (χ4n) is 2.25. The summed E-state index contributed by atoms with van der Waals surface area (Å²) in [6.07, 6.45) is 2.13. The minimum Gasteiger partial charge on any atom is -0.361 e. The number of carbonyl (C=O) groups is 1. The third kappa shape index (κ3) is 3.60. The molecule has 1 heterocycles. The van der Waals surface area contributed by atoms with Crippen molar-refractivity contribution in [2.45, 2.75) is 33.4 Å². The molecule has 0 aliphatic rings. The monoisotopic (exact) mass is 284 g/mol. The fourth-order valence-corrected chi connectivity index (χ4v) is 2.25. The molecule has 1 amide bonds. The minimum absolute atomic E-state index is 0.0958. The van der Waals surface area contributed by atoms with Crippen LogP contribution in [0.3, 0.4) is 0 Å². The Morgan fingerprint density at radius 1 is 1.33 bits per heavy atom. The van der Waals surface area contributed by atoms with Crippen LogP contribution in [-0.2, 0) is 24.3 Å². The molecule has 0 N–H and O–H groups in total. The van der Waals surface area contributed by atoms with Crippen LogP contribution in [0, 0.1) is 6.92 Å². The molecule has 110 valence electrons. The van der Waals surface area contributed by atoms with E-state index in [9.17, 15) is 4.79 Å². The Morgan fingerprint density at radius 2 is 2.05 bits per heavy atom. The van der Waals surface area contributed by atoms with Crippen LogP contribution in [0.25, 0.3) is 0 Å². The number of nitrogens with zero attached hydrogens (tertiary/aromatic N) is 2. The van der Waals surface area contributed by atoms with Crippen molar-refractivity contribution in [2.75, 3.05) is 0 Å². The fraction of sp³-hybridized carbons (Fsp3) is 0.294. The maximum atomic E-state index is 12.1. The third-order valence-corrected chi connectivity index (χ3v) is 3.45. The van der Waals surface area contributed by atoms with E-state index in [-0.39, 0.29) is 5.91 Å². The van der Waals surface area contributed by atoms with Gasteiger partial charge in [-0.1, -0.05) is 49.0 Å². The molecule has 0 fully saturated rings. The number of aromatic nitrogens is 1. The van der Waals surface area contributed by atoms with Crippen LogP contribution in [0.4, 0.5) is 0 Å². The first-order valence-corrected chi connectivity index (χ1v) is 7.05. The predicted octanol–water partition coefficient (Wildman–Crippen LogP) is 3.26. The van der Waals surface area contributed by atoms with E-state index in [0.717, 1.165) is 29.0 Å². The summed E-state index contributed by atoms with van der Waals surface area (Å²) in [5.41, 5.74) is 2.98. The maximum Gasteiger partial charge on any atom is 0.246 e. The number of hydrogen-bond acceptors (Lipinski definition) is 3. The van der Waals surface area contributed by atoms with Gasteiger partial charge in [0.2, 0.25) is 5.91 Å². The van der Waals surface area contributed by atoms with Crippen molar-refractivity contribution in [2.24, 2.45) is 0 Å². The maximum absolute atomic E-state index is 12.1. The molecule has 2 rings (SSSR count). The molecule has 0 radical (unpaired) electrons. The van der Waals surface area contributed by atoms with Gasteiger partial charge in [0.05, 0.1) is 12.2 Å². The van der Waals surface area contributed by atoms with E-state index in [0.29, 0.717) is 13.1 Å². The van der Waals surface area contributed by atoms with Crippen LogP contribution in [0.5, 0.6) is 0 Å². The molecule has 0 saturated heterocycles. The largest absolute Gasteiger partial charge is 0.361 e. The van der Waals surface area contributed by atoms with Crippen molar-refractivity contribution in [3.05, 3.63) is 65.6 Å². The summed E-state index contributed by atoms with van der Waals surface area (Å²) in [6.45, 7) is 8.51. The number of carbonyl (C=O) groups excluding carboxylic acids is 1. The van der Waals surface area contributed by atoms with E-state index in [1.54, 1.807) is 4.90 Å². The van der Waals surface area contributed by atoms with Gasteiger partial charge in [-0.25, -0.2) is 0 Å². The van der Waals surface area contributed by atoms with E-state index < -0.39 is 0 Å². The highest BCUT2D eigenvalue weighted by Gasteiger charge is 2.18. The Hall–Kier alpha value is -2.36. The Morgan fingerprint density at radius 3 is 2.67 bits per heavy atom. The smallest absolute Gasteiger partial charge is 0.246 e. The first-order chi connectivity index (χ1) is 10.2. The summed E-state index contributed by atoms with van der Waals surface area (Å²) in [4.78, 5) is 13.9. The Labute approximate surface area is 125 Å². The van der Waals surface area contributed by atoms with Crippen LogP contribution in [0.15, 0.2) is 47.5 Å². The van der Waals surface area contributed by atoms with Gasteiger partial charge in [-0.05, 0) is 25.0 Å². The lowest BCUT2D eigenvalue weighted by molar-refractivity contribution is -0.127. The Balaban J connectivity index is 2.22. The number of aryl methyl sites for hydroxylation is 2. The van der Waals surface area contributed by atoms with Crippen LogP contribution in [-0.4, -0.2) is 16.0 Å². The first-order valence-electron chi connectivity index (χ1n) is 7.05. The lowest BCUT2D eigenvalue weighted by atomic mass is 10.1. The molecule has 2 aromatic rings. The minimum atomic E-state index is -0.0958. The SMILES string of the molecule is C=CC(=O)N(Cc1ccccc1)Cc1c(CC)noc1C. The van der Waals surface area contributed by atoms with Crippen LogP contribution < -0.4 is 0 Å². The highest BCUT2D eigenvalue weighted by atomic mass is 16.5. The van der Waals surface area contributed by atoms with Gasteiger partial charge in [0, 0.05) is 12.1 Å². The van der Waals surface area contributed by atoms with Crippen molar-refractivity contribution in [1.29, 1.82) is 0 Å².